The minimum absolute atomic E-state index is 0.145. The van der Waals surface area contributed by atoms with E-state index in [-0.39, 0.29) is 24.0 Å². The highest BCUT2D eigenvalue weighted by atomic mass is 35.5. The van der Waals surface area contributed by atoms with Crippen molar-refractivity contribution in [2.75, 3.05) is 31.5 Å². The molecule has 1 aromatic heterocycles. The van der Waals surface area contributed by atoms with Crippen molar-refractivity contribution in [1.82, 2.24) is 19.6 Å². The highest BCUT2D eigenvalue weighted by Crippen LogP contribution is 2.20. The molecule has 3 amide bonds. The number of urea groups is 1. The minimum atomic E-state index is -0.335. The van der Waals surface area contributed by atoms with Crippen LogP contribution >= 0.6 is 11.6 Å². The van der Waals surface area contributed by atoms with Crippen LogP contribution in [0, 0.1) is 6.92 Å². The summed E-state index contributed by atoms with van der Waals surface area (Å²) < 4.78 is 1.19. The molecule has 1 N–H and O–H groups in total. The molecule has 33 heavy (non-hydrogen) atoms. The van der Waals surface area contributed by atoms with Crippen molar-refractivity contribution < 1.29 is 9.59 Å². The van der Waals surface area contributed by atoms with E-state index in [1.54, 1.807) is 28.0 Å². The zero-order valence-electron chi connectivity index (χ0n) is 18.2. The quantitative estimate of drug-likeness (QED) is 0.640. The summed E-state index contributed by atoms with van der Waals surface area (Å²) in [5.41, 5.74) is 2.72. The molecule has 0 aliphatic carbocycles. The molecule has 170 valence electrons. The monoisotopic (exact) mass is 465 g/mol. The number of hydrogen-bond donors (Lipinski definition) is 1. The van der Waals surface area contributed by atoms with Crippen LogP contribution in [0.5, 0.6) is 0 Å². The first-order valence-corrected chi connectivity index (χ1v) is 11.0. The summed E-state index contributed by atoms with van der Waals surface area (Å²) in [7, 11) is 0. The maximum absolute atomic E-state index is 12.8. The third kappa shape index (κ3) is 5.40. The van der Waals surface area contributed by atoms with Crippen LogP contribution < -0.4 is 10.9 Å². The summed E-state index contributed by atoms with van der Waals surface area (Å²) in [5, 5.41) is 7.77. The van der Waals surface area contributed by atoms with E-state index >= 15 is 0 Å². The highest BCUT2D eigenvalue weighted by Gasteiger charge is 2.25. The number of halogens is 1. The Morgan fingerprint density at radius 2 is 1.67 bits per heavy atom. The fourth-order valence-electron chi connectivity index (χ4n) is 3.59. The number of amides is 3. The average molecular weight is 466 g/mol. The van der Waals surface area contributed by atoms with Gasteiger partial charge in [-0.05, 0) is 30.7 Å². The first-order chi connectivity index (χ1) is 15.9. The van der Waals surface area contributed by atoms with E-state index in [1.165, 1.54) is 10.7 Å². The van der Waals surface area contributed by atoms with Crippen molar-refractivity contribution >= 4 is 29.2 Å². The summed E-state index contributed by atoms with van der Waals surface area (Å²) in [6, 6.07) is 17.7. The van der Waals surface area contributed by atoms with Crippen molar-refractivity contribution in [2.45, 2.75) is 13.5 Å². The van der Waals surface area contributed by atoms with Crippen LogP contribution in [0.1, 0.15) is 5.56 Å². The van der Waals surface area contributed by atoms with Crippen LogP contribution in [-0.4, -0.2) is 57.7 Å². The van der Waals surface area contributed by atoms with E-state index in [1.807, 2.05) is 43.3 Å². The third-order valence-corrected chi connectivity index (χ3v) is 5.97. The second-order valence-corrected chi connectivity index (χ2v) is 8.25. The highest BCUT2D eigenvalue weighted by molar-refractivity contribution is 6.31. The van der Waals surface area contributed by atoms with E-state index in [4.69, 9.17) is 11.6 Å². The molecule has 0 atom stereocenters. The van der Waals surface area contributed by atoms with Gasteiger partial charge in [0.15, 0.2) is 0 Å². The van der Waals surface area contributed by atoms with Gasteiger partial charge in [0.05, 0.1) is 5.69 Å². The van der Waals surface area contributed by atoms with E-state index in [0.29, 0.717) is 42.6 Å². The maximum atomic E-state index is 12.8. The van der Waals surface area contributed by atoms with Crippen LogP contribution in [0.4, 0.5) is 10.5 Å². The normalized spacial score (nSPS) is 13.6. The Kier molecular flexibility index (Phi) is 6.74. The summed E-state index contributed by atoms with van der Waals surface area (Å²) in [4.78, 5) is 40.9. The molecule has 1 aliphatic heterocycles. The molecule has 0 radical (unpaired) electrons. The van der Waals surface area contributed by atoms with Crippen LogP contribution in [0.25, 0.3) is 11.3 Å². The SMILES string of the molecule is Cc1ccc(NC(=O)N2CCN(C(=O)Cn3nc(-c4ccccc4)ccc3=O)CC2)cc1Cl. The lowest BCUT2D eigenvalue weighted by Gasteiger charge is -2.34. The molecule has 1 fully saturated rings. The fourth-order valence-corrected chi connectivity index (χ4v) is 3.77. The molecule has 0 unspecified atom stereocenters. The Morgan fingerprint density at radius 1 is 0.970 bits per heavy atom. The number of nitrogens with zero attached hydrogens (tertiary/aromatic N) is 4. The molecule has 0 spiro atoms. The molecule has 8 nitrogen and oxygen atoms in total. The zero-order chi connectivity index (χ0) is 23.4. The summed E-state index contributed by atoms with van der Waals surface area (Å²) in [6.45, 7) is 3.30. The molecule has 1 saturated heterocycles. The van der Waals surface area contributed by atoms with Crippen molar-refractivity contribution in [2.24, 2.45) is 0 Å². The molecule has 0 bridgehead atoms. The molecule has 1 aliphatic rings. The topological polar surface area (TPSA) is 87.5 Å². The number of piperazine rings is 1. The molecule has 2 aromatic carbocycles. The van der Waals surface area contributed by atoms with Gasteiger partial charge in [-0.1, -0.05) is 48.0 Å². The van der Waals surface area contributed by atoms with Gasteiger partial charge in [-0.2, -0.15) is 5.10 Å². The number of benzene rings is 2. The third-order valence-electron chi connectivity index (χ3n) is 5.56. The largest absolute Gasteiger partial charge is 0.338 e. The van der Waals surface area contributed by atoms with Gasteiger partial charge in [-0.15, -0.1) is 0 Å². The van der Waals surface area contributed by atoms with E-state index in [0.717, 1.165) is 11.1 Å². The van der Waals surface area contributed by atoms with Crippen LogP contribution in [0.2, 0.25) is 5.02 Å². The van der Waals surface area contributed by atoms with Gasteiger partial charge in [-0.25, -0.2) is 9.48 Å². The molecule has 2 heterocycles. The molecule has 3 aromatic rings. The van der Waals surface area contributed by atoms with Crippen molar-refractivity contribution in [3.63, 3.8) is 0 Å². The predicted octanol–water partition coefficient (Wildman–Crippen LogP) is 3.25. The van der Waals surface area contributed by atoms with E-state index in [2.05, 4.69) is 10.4 Å². The lowest BCUT2D eigenvalue weighted by Crippen LogP contribution is -2.52. The van der Waals surface area contributed by atoms with Crippen LogP contribution in [-0.2, 0) is 11.3 Å². The molecule has 0 saturated carbocycles. The number of anilines is 1. The lowest BCUT2D eigenvalue weighted by molar-refractivity contribution is -0.133. The van der Waals surface area contributed by atoms with Gasteiger partial charge < -0.3 is 15.1 Å². The van der Waals surface area contributed by atoms with Crippen molar-refractivity contribution in [3.8, 4) is 11.3 Å². The van der Waals surface area contributed by atoms with Gasteiger partial charge >= 0.3 is 6.03 Å². The number of aromatic nitrogens is 2. The van der Waals surface area contributed by atoms with Crippen LogP contribution in [0.3, 0.4) is 0 Å². The fraction of sp³-hybridized carbons (Fsp3) is 0.250. The second-order valence-electron chi connectivity index (χ2n) is 7.84. The molecule has 4 rings (SSSR count). The Morgan fingerprint density at radius 3 is 2.36 bits per heavy atom. The summed E-state index contributed by atoms with van der Waals surface area (Å²) in [6.07, 6.45) is 0. The predicted molar refractivity (Wildman–Crippen MR) is 127 cm³/mol. The Hall–Kier alpha value is -3.65. The standard InChI is InChI=1S/C24H24ClN5O3/c1-17-7-8-19(15-20(17)25)26-24(33)29-13-11-28(12-14-29)23(32)16-30-22(31)10-9-21(27-30)18-5-3-2-4-6-18/h2-10,15H,11-14,16H2,1H3,(H,26,33). The number of carbonyl (C=O) groups is 2. The lowest BCUT2D eigenvalue weighted by atomic mass is 10.1. The Bertz CT molecular complexity index is 1220. The van der Waals surface area contributed by atoms with Crippen molar-refractivity contribution in [1.29, 1.82) is 0 Å². The van der Waals surface area contributed by atoms with E-state index < -0.39 is 0 Å². The number of carbonyl (C=O) groups excluding carboxylic acids is 2. The van der Waals surface area contributed by atoms with Gasteiger partial charge in [-0.3, -0.25) is 9.59 Å². The molecular formula is C24H24ClN5O3. The van der Waals surface area contributed by atoms with Gasteiger partial charge in [0, 0.05) is 48.5 Å². The van der Waals surface area contributed by atoms with Gasteiger partial charge in [0.2, 0.25) is 5.91 Å². The first-order valence-electron chi connectivity index (χ1n) is 10.6. The molecular weight excluding hydrogens is 442 g/mol. The number of rotatable bonds is 4. The van der Waals surface area contributed by atoms with Gasteiger partial charge in [0.25, 0.3) is 5.56 Å². The maximum Gasteiger partial charge on any atom is 0.321 e. The van der Waals surface area contributed by atoms with E-state index in [9.17, 15) is 14.4 Å². The number of aryl methyl sites for hydroxylation is 1. The number of hydrogen-bond acceptors (Lipinski definition) is 4. The van der Waals surface area contributed by atoms with Crippen LogP contribution in [0.15, 0.2) is 65.5 Å². The second kappa shape index (κ2) is 9.87. The smallest absolute Gasteiger partial charge is 0.321 e. The first kappa shape index (κ1) is 22.5. The Balaban J connectivity index is 1.34. The minimum Gasteiger partial charge on any atom is -0.338 e. The molecule has 9 heteroatoms. The number of nitrogens with one attached hydrogen (secondary N) is 1. The zero-order valence-corrected chi connectivity index (χ0v) is 19.0. The Labute approximate surface area is 196 Å². The van der Waals surface area contributed by atoms with Gasteiger partial charge in [0.1, 0.15) is 6.54 Å². The van der Waals surface area contributed by atoms with Crippen molar-refractivity contribution in [3.05, 3.63) is 81.6 Å². The summed E-state index contributed by atoms with van der Waals surface area (Å²) >= 11 is 6.12. The summed E-state index contributed by atoms with van der Waals surface area (Å²) in [5.74, 6) is -0.208. The average Bonchev–Trinajstić information content (AvgIpc) is 2.83.